The van der Waals surface area contributed by atoms with Gasteiger partial charge in [0.15, 0.2) is 0 Å². The first kappa shape index (κ1) is 21.4. The van der Waals surface area contributed by atoms with Crippen LogP contribution in [0, 0.1) is 12.7 Å². The Kier molecular flexibility index (Phi) is 7.08. The van der Waals surface area contributed by atoms with Crippen molar-refractivity contribution in [3.8, 4) is 0 Å². The van der Waals surface area contributed by atoms with E-state index in [9.17, 15) is 14.0 Å². The van der Waals surface area contributed by atoms with Gasteiger partial charge in [-0.05, 0) is 60.9 Å². The summed E-state index contributed by atoms with van der Waals surface area (Å²) in [7, 11) is 0. The zero-order valence-electron chi connectivity index (χ0n) is 16.4. The first-order chi connectivity index (χ1) is 14.5. The molecule has 0 saturated carbocycles. The Hall–Kier alpha value is -3.32. The third-order valence-corrected chi connectivity index (χ3v) is 5.03. The number of nitrogens with one attached hydrogen (secondary N) is 2. The molecule has 3 amide bonds. The van der Waals surface area contributed by atoms with Gasteiger partial charge >= 0.3 is 6.03 Å². The van der Waals surface area contributed by atoms with E-state index >= 15 is 0 Å². The molecule has 2 N–H and O–H groups in total. The van der Waals surface area contributed by atoms with Crippen molar-refractivity contribution < 1.29 is 14.0 Å². The van der Waals surface area contributed by atoms with Crippen molar-refractivity contribution in [3.63, 3.8) is 0 Å². The second-order valence-corrected chi connectivity index (χ2v) is 7.10. The highest BCUT2D eigenvalue weighted by Gasteiger charge is 2.13. The van der Waals surface area contributed by atoms with Gasteiger partial charge in [0.2, 0.25) is 0 Å². The van der Waals surface area contributed by atoms with Gasteiger partial charge in [-0.2, -0.15) is 0 Å². The SMILES string of the molecule is Cc1ccccc1CCNC(=O)N(S)c1ccc(NC(=O)c2ccccc2F)cc1. The lowest BCUT2D eigenvalue weighted by Crippen LogP contribution is -2.35. The van der Waals surface area contributed by atoms with Gasteiger partial charge in [0.1, 0.15) is 5.82 Å². The molecule has 3 aromatic carbocycles. The molecular formula is C23H22FN3O2S. The molecule has 0 bridgehead atoms. The average molecular weight is 424 g/mol. The van der Waals surface area contributed by atoms with Crippen LogP contribution in [0.2, 0.25) is 0 Å². The minimum absolute atomic E-state index is 0.0366. The van der Waals surface area contributed by atoms with Gasteiger partial charge in [0.25, 0.3) is 5.91 Å². The van der Waals surface area contributed by atoms with E-state index in [1.165, 1.54) is 33.6 Å². The summed E-state index contributed by atoms with van der Waals surface area (Å²) in [5, 5.41) is 5.46. The average Bonchev–Trinajstić information content (AvgIpc) is 2.75. The number of aryl methyl sites for hydroxylation is 1. The Balaban J connectivity index is 1.54. The van der Waals surface area contributed by atoms with Crippen LogP contribution < -0.4 is 14.9 Å². The Morgan fingerprint density at radius 2 is 1.63 bits per heavy atom. The summed E-state index contributed by atoms with van der Waals surface area (Å²) in [6.07, 6.45) is 0.723. The molecule has 0 atom stereocenters. The van der Waals surface area contributed by atoms with Crippen LogP contribution in [0.25, 0.3) is 0 Å². The minimum atomic E-state index is -0.587. The second-order valence-electron chi connectivity index (χ2n) is 6.70. The molecule has 3 aromatic rings. The fourth-order valence-electron chi connectivity index (χ4n) is 2.92. The summed E-state index contributed by atoms with van der Waals surface area (Å²) in [6.45, 7) is 2.52. The topological polar surface area (TPSA) is 61.4 Å². The number of rotatable bonds is 6. The van der Waals surface area contributed by atoms with Gasteiger partial charge in [-0.15, -0.1) is 0 Å². The summed E-state index contributed by atoms with van der Waals surface area (Å²) in [5.74, 6) is -1.13. The highest BCUT2D eigenvalue weighted by atomic mass is 32.1. The number of hydrogen-bond donors (Lipinski definition) is 3. The molecular weight excluding hydrogens is 401 g/mol. The second kappa shape index (κ2) is 9.93. The monoisotopic (exact) mass is 423 g/mol. The van der Waals surface area contributed by atoms with Gasteiger partial charge in [-0.1, -0.05) is 49.2 Å². The van der Waals surface area contributed by atoms with Crippen LogP contribution in [0.4, 0.5) is 20.6 Å². The molecule has 30 heavy (non-hydrogen) atoms. The molecule has 3 rings (SSSR count). The Morgan fingerprint density at radius 3 is 2.33 bits per heavy atom. The molecule has 0 unspecified atom stereocenters. The van der Waals surface area contributed by atoms with Crippen molar-refractivity contribution in [2.24, 2.45) is 0 Å². The van der Waals surface area contributed by atoms with Crippen molar-refractivity contribution in [2.75, 3.05) is 16.2 Å². The lowest BCUT2D eigenvalue weighted by molar-refractivity contribution is 0.102. The summed E-state index contributed by atoms with van der Waals surface area (Å²) >= 11 is 4.25. The number of carbonyl (C=O) groups is 2. The van der Waals surface area contributed by atoms with E-state index in [1.807, 2.05) is 31.2 Å². The van der Waals surface area contributed by atoms with Crippen LogP contribution in [0.5, 0.6) is 0 Å². The third kappa shape index (κ3) is 5.39. The number of amides is 3. The maximum Gasteiger partial charge on any atom is 0.331 e. The molecule has 0 heterocycles. The molecule has 0 aromatic heterocycles. The predicted molar refractivity (Wildman–Crippen MR) is 121 cm³/mol. The van der Waals surface area contributed by atoms with Crippen molar-refractivity contribution in [1.82, 2.24) is 5.32 Å². The summed E-state index contributed by atoms with van der Waals surface area (Å²) < 4.78 is 14.9. The van der Waals surface area contributed by atoms with Crippen molar-refractivity contribution in [3.05, 3.63) is 95.3 Å². The number of thiol groups is 1. The van der Waals surface area contributed by atoms with Gasteiger partial charge in [-0.3, -0.25) is 4.79 Å². The smallest absolute Gasteiger partial charge is 0.331 e. The largest absolute Gasteiger partial charge is 0.337 e. The summed E-state index contributed by atoms with van der Waals surface area (Å²) in [5.41, 5.74) is 3.34. The van der Waals surface area contributed by atoms with E-state index in [2.05, 4.69) is 23.4 Å². The first-order valence-electron chi connectivity index (χ1n) is 9.43. The van der Waals surface area contributed by atoms with Crippen molar-refractivity contribution in [1.29, 1.82) is 0 Å². The normalized spacial score (nSPS) is 10.4. The number of halogens is 1. The van der Waals surface area contributed by atoms with Gasteiger partial charge < -0.3 is 10.6 Å². The molecule has 0 radical (unpaired) electrons. The number of benzene rings is 3. The Bertz CT molecular complexity index is 1040. The number of urea groups is 1. The maximum atomic E-state index is 13.7. The quantitative estimate of drug-likeness (QED) is 0.489. The minimum Gasteiger partial charge on any atom is -0.337 e. The predicted octanol–water partition coefficient (Wildman–Crippen LogP) is 4.99. The van der Waals surface area contributed by atoms with E-state index in [0.29, 0.717) is 17.9 Å². The first-order valence-corrected chi connectivity index (χ1v) is 9.83. The Morgan fingerprint density at radius 1 is 0.967 bits per heavy atom. The zero-order valence-corrected chi connectivity index (χ0v) is 17.3. The van der Waals surface area contributed by atoms with Crippen LogP contribution in [-0.4, -0.2) is 18.5 Å². The molecule has 0 fully saturated rings. The molecule has 7 heteroatoms. The number of anilines is 2. The summed E-state index contributed by atoms with van der Waals surface area (Å²) in [4.78, 5) is 24.5. The van der Waals surface area contributed by atoms with E-state index in [-0.39, 0.29) is 11.6 Å². The van der Waals surface area contributed by atoms with Crippen LogP contribution >= 0.6 is 12.8 Å². The van der Waals surface area contributed by atoms with Crippen LogP contribution in [-0.2, 0) is 6.42 Å². The molecule has 154 valence electrons. The number of carbonyl (C=O) groups excluding carboxylic acids is 2. The fraction of sp³-hybridized carbons (Fsp3) is 0.130. The number of hydrogen-bond acceptors (Lipinski definition) is 3. The molecule has 0 aliphatic heterocycles. The Labute approximate surface area is 180 Å². The van der Waals surface area contributed by atoms with Crippen LogP contribution in [0.3, 0.4) is 0 Å². The molecule has 5 nitrogen and oxygen atoms in total. The highest BCUT2D eigenvalue weighted by molar-refractivity contribution is 7.82. The van der Waals surface area contributed by atoms with Crippen LogP contribution in [0.15, 0.2) is 72.8 Å². The zero-order chi connectivity index (χ0) is 21.5. The maximum absolute atomic E-state index is 13.7. The number of nitrogens with zero attached hydrogens (tertiary/aromatic N) is 1. The standard InChI is InChI=1S/C23H22FN3O2S/c1-16-6-2-3-7-17(16)14-15-25-23(29)27(30)19-12-10-18(11-13-19)26-22(28)20-8-4-5-9-21(20)24/h2-13,30H,14-15H2,1H3,(H,25,29)(H,26,28). The van der Waals surface area contributed by atoms with E-state index in [1.54, 1.807) is 30.3 Å². The molecule has 0 saturated heterocycles. The van der Waals surface area contributed by atoms with Crippen LogP contribution in [0.1, 0.15) is 21.5 Å². The lowest BCUT2D eigenvalue weighted by Gasteiger charge is -2.17. The highest BCUT2D eigenvalue weighted by Crippen LogP contribution is 2.20. The van der Waals surface area contributed by atoms with E-state index in [4.69, 9.17) is 0 Å². The van der Waals surface area contributed by atoms with E-state index in [0.717, 1.165) is 6.42 Å². The molecule has 0 spiro atoms. The molecule has 0 aliphatic rings. The third-order valence-electron chi connectivity index (χ3n) is 4.61. The van der Waals surface area contributed by atoms with Crippen molar-refractivity contribution >= 4 is 36.1 Å². The molecule has 0 aliphatic carbocycles. The summed E-state index contributed by atoms with van der Waals surface area (Å²) in [6, 6.07) is 20.0. The van der Waals surface area contributed by atoms with E-state index < -0.39 is 11.7 Å². The van der Waals surface area contributed by atoms with Crippen molar-refractivity contribution in [2.45, 2.75) is 13.3 Å². The van der Waals surface area contributed by atoms with Gasteiger partial charge in [0, 0.05) is 12.2 Å². The fourth-order valence-corrected chi connectivity index (χ4v) is 3.12. The lowest BCUT2D eigenvalue weighted by atomic mass is 10.1. The van der Waals surface area contributed by atoms with Gasteiger partial charge in [-0.25, -0.2) is 13.5 Å². The van der Waals surface area contributed by atoms with Gasteiger partial charge in [0.05, 0.1) is 11.3 Å².